The molecule has 0 aliphatic rings. The van der Waals surface area contributed by atoms with Crippen LogP contribution in [0.2, 0.25) is 0 Å². The number of nitrogens with zero attached hydrogens (tertiary/aromatic N) is 2. The zero-order chi connectivity index (χ0) is 17.1. The minimum Gasteiger partial charge on any atom is -0.392 e. The lowest BCUT2D eigenvalue weighted by atomic mass is 10.2. The quantitative estimate of drug-likeness (QED) is 0.476. The highest BCUT2D eigenvalue weighted by Crippen LogP contribution is 2.25. The fourth-order valence-electron chi connectivity index (χ4n) is 2.45. The number of benzene rings is 2. The lowest BCUT2D eigenvalue weighted by molar-refractivity contribution is -0.384. The Balaban J connectivity index is 1.72. The molecule has 1 heterocycles. The molecule has 0 saturated heterocycles. The monoisotopic (exact) mass is 330 g/mol. The number of imidazole rings is 1. The first-order chi connectivity index (χ1) is 11.6. The molecule has 7 nitrogen and oxygen atoms in total. The second kappa shape index (κ2) is 6.63. The number of nitro groups is 1. The number of nitrogens with one attached hydrogen (secondary N) is 2. The number of hydrogen-bond acceptors (Lipinski definition) is 5. The second-order valence-corrected chi connectivity index (χ2v) is 5.29. The Kier molecular flexibility index (Phi) is 4.39. The van der Waals surface area contributed by atoms with Gasteiger partial charge in [0.15, 0.2) is 0 Å². The van der Waals surface area contributed by atoms with Crippen molar-refractivity contribution in [1.29, 1.82) is 0 Å². The SMILES string of the molecule is O=[N+]([O-])c1ccc(CO)cc1NCCc1nc2ccc(F)cc2[nH]1. The zero-order valence-corrected chi connectivity index (χ0v) is 12.6. The van der Waals surface area contributed by atoms with Gasteiger partial charge in [-0.1, -0.05) is 0 Å². The van der Waals surface area contributed by atoms with Crippen LogP contribution in [0.25, 0.3) is 11.0 Å². The molecule has 3 rings (SSSR count). The molecule has 0 fully saturated rings. The Bertz CT molecular complexity index is 894. The van der Waals surface area contributed by atoms with Crippen molar-refractivity contribution < 1.29 is 14.4 Å². The molecule has 0 bridgehead atoms. The number of fused-ring (bicyclic) bond motifs is 1. The molecule has 0 unspecified atom stereocenters. The van der Waals surface area contributed by atoms with Gasteiger partial charge in [-0.05, 0) is 35.9 Å². The lowest BCUT2D eigenvalue weighted by Crippen LogP contribution is -2.08. The Morgan fingerprint density at radius 2 is 2.12 bits per heavy atom. The van der Waals surface area contributed by atoms with E-state index in [1.165, 1.54) is 24.3 Å². The maximum Gasteiger partial charge on any atom is 0.292 e. The van der Waals surface area contributed by atoms with Gasteiger partial charge in [-0.25, -0.2) is 9.37 Å². The number of halogens is 1. The van der Waals surface area contributed by atoms with E-state index in [1.54, 1.807) is 12.1 Å². The van der Waals surface area contributed by atoms with Gasteiger partial charge >= 0.3 is 0 Å². The highest BCUT2D eigenvalue weighted by atomic mass is 19.1. The van der Waals surface area contributed by atoms with E-state index >= 15 is 0 Å². The lowest BCUT2D eigenvalue weighted by Gasteiger charge is -2.07. The van der Waals surface area contributed by atoms with Crippen molar-refractivity contribution in [3.63, 3.8) is 0 Å². The summed E-state index contributed by atoms with van der Waals surface area (Å²) in [5.74, 6) is 0.316. The fraction of sp³-hybridized carbons (Fsp3) is 0.188. The highest BCUT2D eigenvalue weighted by molar-refractivity contribution is 5.75. The number of nitro benzene ring substituents is 1. The predicted molar refractivity (Wildman–Crippen MR) is 87.3 cm³/mol. The molecule has 0 amide bonds. The zero-order valence-electron chi connectivity index (χ0n) is 12.6. The Hall–Kier alpha value is -3.00. The first kappa shape index (κ1) is 15.9. The molecule has 0 spiro atoms. The van der Waals surface area contributed by atoms with Crippen LogP contribution in [0.4, 0.5) is 15.8 Å². The summed E-state index contributed by atoms with van der Waals surface area (Å²) in [5.41, 5.74) is 2.15. The van der Waals surface area contributed by atoms with Crippen LogP contribution >= 0.6 is 0 Å². The van der Waals surface area contributed by atoms with E-state index in [2.05, 4.69) is 15.3 Å². The van der Waals surface area contributed by atoms with Crippen LogP contribution in [0.5, 0.6) is 0 Å². The minimum absolute atomic E-state index is 0.0566. The summed E-state index contributed by atoms with van der Waals surface area (Å²) in [5, 5.41) is 23.2. The van der Waals surface area contributed by atoms with Crippen LogP contribution in [-0.4, -0.2) is 26.5 Å². The van der Waals surface area contributed by atoms with E-state index in [-0.39, 0.29) is 18.1 Å². The van der Waals surface area contributed by atoms with E-state index in [4.69, 9.17) is 5.11 Å². The first-order valence-electron chi connectivity index (χ1n) is 7.33. The van der Waals surface area contributed by atoms with Gasteiger partial charge in [0, 0.05) is 19.0 Å². The Morgan fingerprint density at radius 3 is 2.88 bits per heavy atom. The van der Waals surface area contributed by atoms with Crippen molar-refractivity contribution in [1.82, 2.24) is 9.97 Å². The molecule has 0 aliphatic heterocycles. The van der Waals surface area contributed by atoms with Gasteiger partial charge < -0.3 is 15.4 Å². The number of anilines is 1. The van der Waals surface area contributed by atoms with Gasteiger partial charge in [0.2, 0.25) is 0 Å². The van der Waals surface area contributed by atoms with Crippen molar-refractivity contribution in [3.8, 4) is 0 Å². The topological polar surface area (TPSA) is 104 Å². The largest absolute Gasteiger partial charge is 0.392 e. The van der Waals surface area contributed by atoms with E-state index in [0.29, 0.717) is 41.1 Å². The van der Waals surface area contributed by atoms with Gasteiger partial charge in [-0.3, -0.25) is 10.1 Å². The number of aromatic amines is 1. The average Bonchev–Trinajstić information content (AvgIpc) is 2.96. The van der Waals surface area contributed by atoms with Gasteiger partial charge in [0.1, 0.15) is 17.3 Å². The minimum atomic E-state index is -0.479. The third-order valence-corrected chi connectivity index (χ3v) is 3.61. The van der Waals surface area contributed by atoms with Crippen LogP contribution < -0.4 is 5.32 Å². The van der Waals surface area contributed by atoms with Crippen molar-refractivity contribution in [2.24, 2.45) is 0 Å². The van der Waals surface area contributed by atoms with Crippen molar-refractivity contribution in [2.45, 2.75) is 13.0 Å². The molecule has 2 aromatic carbocycles. The summed E-state index contributed by atoms with van der Waals surface area (Å²) < 4.78 is 13.2. The molecule has 1 aromatic heterocycles. The van der Waals surface area contributed by atoms with E-state index < -0.39 is 4.92 Å². The first-order valence-corrected chi connectivity index (χ1v) is 7.33. The van der Waals surface area contributed by atoms with Crippen LogP contribution in [0, 0.1) is 15.9 Å². The summed E-state index contributed by atoms with van der Waals surface area (Å²) >= 11 is 0. The number of H-pyrrole nitrogens is 1. The predicted octanol–water partition coefficient (Wildman–Crippen LogP) is 2.76. The van der Waals surface area contributed by atoms with Gasteiger partial charge in [0.05, 0.1) is 22.6 Å². The summed E-state index contributed by atoms with van der Waals surface area (Å²) in [6, 6.07) is 8.72. The van der Waals surface area contributed by atoms with E-state index in [1.807, 2.05) is 0 Å². The molecule has 8 heteroatoms. The Morgan fingerprint density at radius 1 is 1.29 bits per heavy atom. The molecule has 3 N–H and O–H groups in total. The summed E-state index contributed by atoms with van der Waals surface area (Å²) in [7, 11) is 0. The third kappa shape index (κ3) is 3.33. The van der Waals surface area contributed by atoms with E-state index in [9.17, 15) is 14.5 Å². The molecule has 124 valence electrons. The normalized spacial score (nSPS) is 10.9. The van der Waals surface area contributed by atoms with Crippen molar-refractivity contribution in [3.05, 3.63) is 63.7 Å². The second-order valence-electron chi connectivity index (χ2n) is 5.29. The third-order valence-electron chi connectivity index (χ3n) is 3.61. The summed E-state index contributed by atoms with van der Waals surface area (Å²) in [6.45, 7) is 0.208. The summed E-state index contributed by atoms with van der Waals surface area (Å²) in [6.07, 6.45) is 0.483. The summed E-state index contributed by atoms with van der Waals surface area (Å²) in [4.78, 5) is 17.9. The number of aromatic nitrogens is 2. The fourth-order valence-corrected chi connectivity index (χ4v) is 2.45. The van der Waals surface area contributed by atoms with E-state index in [0.717, 1.165) is 0 Å². The highest BCUT2D eigenvalue weighted by Gasteiger charge is 2.14. The van der Waals surface area contributed by atoms with Gasteiger partial charge in [-0.2, -0.15) is 0 Å². The molecule has 3 aromatic rings. The molecule has 0 radical (unpaired) electrons. The van der Waals surface area contributed by atoms with Crippen LogP contribution in [-0.2, 0) is 13.0 Å². The van der Waals surface area contributed by atoms with Crippen molar-refractivity contribution >= 4 is 22.4 Å². The molecular formula is C16H15FN4O3. The Labute approximate surface area is 136 Å². The van der Waals surface area contributed by atoms with Crippen LogP contribution in [0.3, 0.4) is 0 Å². The average molecular weight is 330 g/mol. The molecular weight excluding hydrogens is 315 g/mol. The standard InChI is InChI=1S/C16H15FN4O3/c17-11-2-3-12-13(8-11)20-16(19-12)5-6-18-14-7-10(9-22)1-4-15(14)21(23)24/h1-4,7-8,18,22H,5-6,9H2,(H,19,20). The maximum atomic E-state index is 13.2. The maximum absolute atomic E-state index is 13.2. The van der Waals surface area contributed by atoms with Gasteiger partial charge in [0.25, 0.3) is 5.69 Å². The van der Waals surface area contributed by atoms with Crippen LogP contribution in [0.1, 0.15) is 11.4 Å². The molecule has 24 heavy (non-hydrogen) atoms. The molecule has 0 atom stereocenters. The number of aliphatic hydroxyl groups excluding tert-OH is 1. The smallest absolute Gasteiger partial charge is 0.292 e. The number of hydrogen-bond donors (Lipinski definition) is 3. The molecule has 0 aliphatic carbocycles. The van der Waals surface area contributed by atoms with Crippen molar-refractivity contribution in [2.75, 3.05) is 11.9 Å². The van der Waals surface area contributed by atoms with Gasteiger partial charge in [-0.15, -0.1) is 0 Å². The molecule has 0 saturated carbocycles. The number of aliphatic hydroxyl groups is 1. The van der Waals surface area contributed by atoms with Crippen LogP contribution in [0.15, 0.2) is 36.4 Å². The number of rotatable bonds is 6.